The second kappa shape index (κ2) is 5.15. The summed E-state index contributed by atoms with van der Waals surface area (Å²) in [5.74, 6) is 0.964. The van der Waals surface area contributed by atoms with Gasteiger partial charge in [0.1, 0.15) is 5.82 Å². The fourth-order valence-corrected chi connectivity index (χ4v) is 2.70. The summed E-state index contributed by atoms with van der Waals surface area (Å²) in [5, 5.41) is 3.51. The summed E-state index contributed by atoms with van der Waals surface area (Å²) >= 11 is 3.55. The van der Waals surface area contributed by atoms with E-state index in [2.05, 4.69) is 51.2 Å². The molecule has 16 heavy (non-hydrogen) atoms. The topological polar surface area (TPSA) is 28.2 Å². The van der Waals surface area contributed by atoms with Gasteiger partial charge in [-0.15, -0.1) is 0 Å². The number of anilines is 1. The van der Waals surface area contributed by atoms with Gasteiger partial charge in [-0.1, -0.05) is 0 Å². The highest BCUT2D eigenvalue weighted by Gasteiger charge is 2.17. The number of aryl methyl sites for hydroxylation is 1. The molecule has 1 fully saturated rings. The first-order valence-electron chi connectivity index (χ1n) is 5.72. The van der Waals surface area contributed by atoms with Gasteiger partial charge in [0, 0.05) is 18.8 Å². The van der Waals surface area contributed by atoms with Crippen molar-refractivity contribution in [2.75, 3.05) is 25.5 Å². The minimum Gasteiger partial charge on any atom is -0.365 e. The van der Waals surface area contributed by atoms with Crippen LogP contribution >= 0.6 is 15.9 Å². The fourth-order valence-electron chi connectivity index (χ4n) is 2.12. The summed E-state index contributed by atoms with van der Waals surface area (Å²) in [6.07, 6.45) is 4.39. The van der Waals surface area contributed by atoms with Crippen LogP contribution < -0.4 is 5.32 Å². The standard InChI is InChI=1S/C12H18BrN3/c1-9-6-11(13)12(14-7-9)15-10-4-3-5-16(2)8-10/h6-7,10H,3-5,8H2,1-2H3,(H,14,15). The molecule has 1 atom stereocenters. The number of hydrogen-bond acceptors (Lipinski definition) is 3. The molecule has 0 saturated carbocycles. The van der Waals surface area contributed by atoms with Crippen molar-refractivity contribution in [1.82, 2.24) is 9.88 Å². The smallest absolute Gasteiger partial charge is 0.140 e. The summed E-state index contributed by atoms with van der Waals surface area (Å²) < 4.78 is 1.06. The molecule has 2 rings (SSSR count). The molecule has 4 heteroatoms. The number of nitrogens with one attached hydrogen (secondary N) is 1. The number of nitrogens with zero attached hydrogens (tertiary/aromatic N) is 2. The summed E-state index contributed by atoms with van der Waals surface area (Å²) in [7, 11) is 2.17. The zero-order valence-electron chi connectivity index (χ0n) is 9.83. The molecule has 88 valence electrons. The summed E-state index contributed by atoms with van der Waals surface area (Å²) in [6.45, 7) is 4.36. The Kier molecular flexibility index (Phi) is 3.82. The predicted octanol–water partition coefficient (Wildman–Crippen LogP) is 2.66. The maximum atomic E-state index is 4.42. The Morgan fingerprint density at radius 1 is 1.56 bits per heavy atom. The predicted molar refractivity (Wildman–Crippen MR) is 70.8 cm³/mol. The third kappa shape index (κ3) is 2.95. The summed E-state index contributed by atoms with van der Waals surface area (Å²) in [6, 6.07) is 2.62. The monoisotopic (exact) mass is 283 g/mol. The molecule has 0 aromatic carbocycles. The molecule has 0 bridgehead atoms. The molecule has 1 aromatic heterocycles. The third-order valence-electron chi connectivity index (χ3n) is 2.94. The number of likely N-dealkylation sites (tertiary alicyclic amines) is 1. The van der Waals surface area contributed by atoms with E-state index in [-0.39, 0.29) is 0 Å². The van der Waals surface area contributed by atoms with Gasteiger partial charge in [-0.2, -0.15) is 0 Å². The molecule has 1 unspecified atom stereocenters. The van der Waals surface area contributed by atoms with E-state index < -0.39 is 0 Å². The van der Waals surface area contributed by atoms with Crippen LogP contribution in [0.3, 0.4) is 0 Å². The Morgan fingerprint density at radius 3 is 3.06 bits per heavy atom. The van der Waals surface area contributed by atoms with Gasteiger partial charge in [0.2, 0.25) is 0 Å². The van der Waals surface area contributed by atoms with E-state index in [1.54, 1.807) is 0 Å². The number of hydrogen-bond donors (Lipinski definition) is 1. The first kappa shape index (κ1) is 11.9. The lowest BCUT2D eigenvalue weighted by Crippen LogP contribution is -2.39. The maximum Gasteiger partial charge on any atom is 0.140 e. The number of rotatable bonds is 2. The van der Waals surface area contributed by atoms with Crippen molar-refractivity contribution in [3.05, 3.63) is 22.3 Å². The third-order valence-corrected chi connectivity index (χ3v) is 3.55. The van der Waals surface area contributed by atoms with E-state index in [1.165, 1.54) is 24.9 Å². The second-order valence-electron chi connectivity index (χ2n) is 4.59. The van der Waals surface area contributed by atoms with Crippen molar-refractivity contribution >= 4 is 21.7 Å². The highest BCUT2D eigenvalue weighted by atomic mass is 79.9. The average molecular weight is 284 g/mol. The van der Waals surface area contributed by atoms with Crippen molar-refractivity contribution in [3.8, 4) is 0 Å². The lowest BCUT2D eigenvalue weighted by atomic mass is 10.1. The second-order valence-corrected chi connectivity index (χ2v) is 5.44. The van der Waals surface area contributed by atoms with Crippen molar-refractivity contribution in [1.29, 1.82) is 0 Å². The zero-order chi connectivity index (χ0) is 11.5. The van der Waals surface area contributed by atoms with E-state index in [0.29, 0.717) is 6.04 Å². The Hall–Kier alpha value is -0.610. The molecule has 1 saturated heterocycles. The fraction of sp³-hybridized carbons (Fsp3) is 0.583. The number of pyridine rings is 1. The number of likely N-dealkylation sites (N-methyl/N-ethyl adjacent to an activating group) is 1. The van der Waals surface area contributed by atoms with Crippen LogP contribution in [0.2, 0.25) is 0 Å². The van der Waals surface area contributed by atoms with Crippen LogP contribution in [0, 0.1) is 6.92 Å². The van der Waals surface area contributed by atoms with Gasteiger partial charge >= 0.3 is 0 Å². The first-order chi connectivity index (χ1) is 7.65. The Morgan fingerprint density at radius 2 is 2.38 bits per heavy atom. The SMILES string of the molecule is Cc1cnc(NC2CCCN(C)C2)c(Br)c1. The molecule has 0 spiro atoms. The van der Waals surface area contributed by atoms with Gasteiger partial charge in [-0.25, -0.2) is 4.98 Å². The van der Waals surface area contributed by atoms with Gasteiger partial charge in [0.25, 0.3) is 0 Å². The molecular weight excluding hydrogens is 266 g/mol. The van der Waals surface area contributed by atoms with Crippen LogP contribution in [0.4, 0.5) is 5.82 Å². The van der Waals surface area contributed by atoms with E-state index in [9.17, 15) is 0 Å². The summed E-state index contributed by atoms with van der Waals surface area (Å²) in [5.41, 5.74) is 1.18. The Labute approximate surface area is 105 Å². The quantitative estimate of drug-likeness (QED) is 0.905. The molecule has 1 aliphatic rings. The van der Waals surface area contributed by atoms with Gasteiger partial charge < -0.3 is 10.2 Å². The molecule has 1 aromatic rings. The number of piperidine rings is 1. The maximum absolute atomic E-state index is 4.42. The zero-order valence-corrected chi connectivity index (χ0v) is 11.4. The van der Waals surface area contributed by atoms with E-state index >= 15 is 0 Å². The van der Waals surface area contributed by atoms with Crippen molar-refractivity contribution in [2.45, 2.75) is 25.8 Å². The highest BCUT2D eigenvalue weighted by molar-refractivity contribution is 9.10. The first-order valence-corrected chi connectivity index (χ1v) is 6.51. The van der Waals surface area contributed by atoms with E-state index in [4.69, 9.17) is 0 Å². The number of halogens is 1. The molecule has 3 nitrogen and oxygen atoms in total. The lowest BCUT2D eigenvalue weighted by molar-refractivity contribution is 0.260. The minimum absolute atomic E-state index is 0.519. The minimum atomic E-state index is 0.519. The van der Waals surface area contributed by atoms with Crippen LogP contribution in [-0.4, -0.2) is 36.1 Å². The normalized spacial score (nSPS) is 22.1. The van der Waals surface area contributed by atoms with Gasteiger partial charge in [0.15, 0.2) is 0 Å². The van der Waals surface area contributed by atoms with Crippen molar-refractivity contribution in [3.63, 3.8) is 0 Å². The summed E-state index contributed by atoms with van der Waals surface area (Å²) in [4.78, 5) is 6.78. The van der Waals surface area contributed by atoms with Gasteiger partial charge in [0.05, 0.1) is 4.47 Å². The lowest BCUT2D eigenvalue weighted by Gasteiger charge is -2.30. The van der Waals surface area contributed by atoms with Crippen LogP contribution in [0.25, 0.3) is 0 Å². The Balaban J connectivity index is 2.02. The Bertz CT molecular complexity index is 367. The number of aromatic nitrogens is 1. The van der Waals surface area contributed by atoms with Gasteiger partial charge in [-0.3, -0.25) is 0 Å². The molecule has 1 aliphatic heterocycles. The van der Waals surface area contributed by atoms with Gasteiger partial charge in [-0.05, 0) is 60.9 Å². The molecule has 0 radical (unpaired) electrons. The molecule has 0 aliphatic carbocycles. The average Bonchev–Trinajstić information content (AvgIpc) is 2.22. The van der Waals surface area contributed by atoms with Crippen LogP contribution in [-0.2, 0) is 0 Å². The van der Waals surface area contributed by atoms with Crippen molar-refractivity contribution < 1.29 is 0 Å². The molecular formula is C12H18BrN3. The van der Waals surface area contributed by atoms with E-state index in [0.717, 1.165) is 16.8 Å². The largest absolute Gasteiger partial charge is 0.365 e. The highest BCUT2D eigenvalue weighted by Crippen LogP contribution is 2.22. The molecule has 2 heterocycles. The van der Waals surface area contributed by atoms with Crippen LogP contribution in [0.15, 0.2) is 16.7 Å². The molecule has 1 N–H and O–H groups in total. The van der Waals surface area contributed by atoms with Crippen LogP contribution in [0.1, 0.15) is 18.4 Å². The van der Waals surface area contributed by atoms with E-state index in [1.807, 2.05) is 6.20 Å². The van der Waals surface area contributed by atoms with Crippen LogP contribution in [0.5, 0.6) is 0 Å². The molecule has 0 amide bonds. The van der Waals surface area contributed by atoms with Crippen molar-refractivity contribution in [2.24, 2.45) is 0 Å².